The van der Waals surface area contributed by atoms with E-state index in [0.717, 1.165) is 32.7 Å². The zero-order valence-electron chi connectivity index (χ0n) is 9.06. The van der Waals surface area contributed by atoms with Crippen LogP contribution in [0.1, 0.15) is 19.8 Å². The van der Waals surface area contributed by atoms with Crippen molar-refractivity contribution in [2.45, 2.75) is 25.9 Å². The van der Waals surface area contributed by atoms with E-state index < -0.39 is 0 Å². The monoisotopic (exact) mass is 211 g/mol. The summed E-state index contributed by atoms with van der Waals surface area (Å²) >= 11 is 0. The van der Waals surface area contributed by atoms with Gasteiger partial charge in [0.25, 0.3) is 0 Å². The molecule has 2 saturated heterocycles. The van der Waals surface area contributed by atoms with Crippen LogP contribution in [0.15, 0.2) is 5.11 Å². The van der Waals surface area contributed by atoms with E-state index in [9.17, 15) is 0 Å². The first-order valence-corrected chi connectivity index (χ1v) is 5.45. The van der Waals surface area contributed by atoms with Gasteiger partial charge >= 0.3 is 0 Å². The van der Waals surface area contributed by atoms with Gasteiger partial charge in [0.05, 0.1) is 19.3 Å². The SMILES string of the molecule is CC1(CN=[N+]=[N-])CCOC1CC1COC1. The summed E-state index contributed by atoms with van der Waals surface area (Å²) in [4.78, 5) is 2.84. The summed E-state index contributed by atoms with van der Waals surface area (Å²) in [5.41, 5.74) is 8.39. The average Bonchev–Trinajstić information content (AvgIpc) is 2.51. The second-order valence-electron chi connectivity index (χ2n) is 4.79. The van der Waals surface area contributed by atoms with Crippen molar-refractivity contribution in [3.05, 3.63) is 10.4 Å². The van der Waals surface area contributed by atoms with Crippen LogP contribution in [0.2, 0.25) is 0 Å². The molecule has 0 bridgehead atoms. The highest BCUT2D eigenvalue weighted by Crippen LogP contribution is 2.39. The maximum atomic E-state index is 8.36. The van der Waals surface area contributed by atoms with E-state index in [0.29, 0.717) is 12.5 Å². The summed E-state index contributed by atoms with van der Waals surface area (Å²) in [6.45, 7) is 5.20. The van der Waals surface area contributed by atoms with Crippen molar-refractivity contribution >= 4 is 0 Å². The molecule has 0 radical (unpaired) electrons. The Balaban J connectivity index is 1.92. The van der Waals surface area contributed by atoms with Crippen molar-refractivity contribution in [2.24, 2.45) is 16.4 Å². The molecule has 84 valence electrons. The standard InChI is InChI=1S/C10H17N3O2/c1-10(7-12-13-11)2-3-15-9(10)4-8-5-14-6-8/h8-9H,2-7H2,1H3. The van der Waals surface area contributed by atoms with Crippen LogP contribution >= 0.6 is 0 Å². The lowest BCUT2D eigenvalue weighted by Gasteiger charge is -2.34. The van der Waals surface area contributed by atoms with Crippen LogP contribution in [0.3, 0.4) is 0 Å². The molecule has 0 aliphatic carbocycles. The van der Waals surface area contributed by atoms with Crippen molar-refractivity contribution in [3.63, 3.8) is 0 Å². The summed E-state index contributed by atoms with van der Waals surface area (Å²) in [6.07, 6.45) is 2.26. The van der Waals surface area contributed by atoms with E-state index in [-0.39, 0.29) is 11.5 Å². The minimum Gasteiger partial charge on any atom is -0.381 e. The van der Waals surface area contributed by atoms with Gasteiger partial charge in [-0.1, -0.05) is 12.0 Å². The Morgan fingerprint density at radius 1 is 1.53 bits per heavy atom. The second-order valence-corrected chi connectivity index (χ2v) is 4.79. The second kappa shape index (κ2) is 4.39. The third kappa shape index (κ3) is 2.25. The fraction of sp³-hybridized carbons (Fsp3) is 1.00. The molecule has 2 rings (SSSR count). The van der Waals surface area contributed by atoms with Gasteiger partial charge in [-0.05, 0) is 18.4 Å². The Hall–Kier alpha value is -0.770. The maximum absolute atomic E-state index is 8.36. The predicted molar refractivity (Wildman–Crippen MR) is 55.4 cm³/mol. The van der Waals surface area contributed by atoms with E-state index in [1.165, 1.54) is 0 Å². The third-order valence-electron chi connectivity index (χ3n) is 3.52. The fourth-order valence-electron chi connectivity index (χ4n) is 2.25. The van der Waals surface area contributed by atoms with E-state index in [1.807, 2.05) is 0 Å². The zero-order valence-corrected chi connectivity index (χ0v) is 9.06. The first-order valence-electron chi connectivity index (χ1n) is 5.45. The van der Waals surface area contributed by atoms with Gasteiger partial charge in [-0.3, -0.25) is 0 Å². The van der Waals surface area contributed by atoms with Gasteiger partial charge in [-0.25, -0.2) is 0 Å². The molecule has 2 aliphatic heterocycles. The van der Waals surface area contributed by atoms with Crippen molar-refractivity contribution < 1.29 is 9.47 Å². The molecule has 15 heavy (non-hydrogen) atoms. The number of hydrogen-bond donors (Lipinski definition) is 0. The number of azide groups is 1. The van der Waals surface area contributed by atoms with Gasteiger partial charge < -0.3 is 9.47 Å². The molecule has 0 aromatic rings. The first kappa shape index (κ1) is 10.7. The third-order valence-corrected chi connectivity index (χ3v) is 3.52. The fourth-order valence-corrected chi connectivity index (χ4v) is 2.25. The molecule has 2 atom stereocenters. The Morgan fingerprint density at radius 2 is 2.33 bits per heavy atom. The first-order chi connectivity index (χ1) is 7.24. The molecule has 0 aromatic heterocycles. The van der Waals surface area contributed by atoms with Crippen LogP contribution in [0, 0.1) is 11.3 Å². The van der Waals surface area contributed by atoms with Crippen molar-refractivity contribution in [1.29, 1.82) is 0 Å². The zero-order chi connectivity index (χ0) is 10.7. The molecule has 0 amide bonds. The van der Waals surface area contributed by atoms with E-state index in [2.05, 4.69) is 16.9 Å². The molecular weight excluding hydrogens is 194 g/mol. The van der Waals surface area contributed by atoms with Crippen LogP contribution < -0.4 is 0 Å². The largest absolute Gasteiger partial charge is 0.381 e. The minimum absolute atomic E-state index is 0.0296. The summed E-state index contributed by atoms with van der Waals surface area (Å²) < 4.78 is 10.9. The van der Waals surface area contributed by atoms with Gasteiger partial charge in [0, 0.05) is 29.4 Å². The van der Waals surface area contributed by atoms with E-state index >= 15 is 0 Å². The smallest absolute Gasteiger partial charge is 0.0635 e. The van der Waals surface area contributed by atoms with Gasteiger partial charge in [0.15, 0.2) is 0 Å². The molecule has 0 N–H and O–H groups in total. The molecule has 0 spiro atoms. The van der Waals surface area contributed by atoms with Crippen LogP contribution in [0.5, 0.6) is 0 Å². The Kier molecular flexibility index (Phi) is 3.14. The minimum atomic E-state index is 0.0296. The van der Waals surface area contributed by atoms with Gasteiger partial charge in [0.2, 0.25) is 0 Å². The van der Waals surface area contributed by atoms with Gasteiger partial charge in [-0.15, -0.1) is 0 Å². The lowest BCUT2D eigenvalue weighted by molar-refractivity contribution is -0.0673. The summed E-state index contributed by atoms with van der Waals surface area (Å²) in [5.74, 6) is 0.637. The highest BCUT2D eigenvalue weighted by Gasteiger charge is 2.41. The Bertz CT molecular complexity index is 274. The lowest BCUT2D eigenvalue weighted by Crippen LogP contribution is -2.38. The molecule has 0 saturated carbocycles. The van der Waals surface area contributed by atoms with Crippen LogP contribution in [-0.4, -0.2) is 32.5 Å². The quantitative estimate of drug-likeness (QED) is 0.406. The Morgan fingerprint density at radius 3 is 2.93 bits per heavy atom. The van der Waals surface area contributed by atoms with Gasteiger partial charge in [-0.2, -0.15) is 0 Å². The lowest BCUT2D eigenvalue weighted by atomic mass is 9.79. The summed E-state index contributed by atoms with van der Waals surface area (Å²) in [5, 5.41) is 3.70. The van der Waals surface area contributed by atoms with Crippen molar-refractivity contribution in [1.82, 2.24) is 0 Å². The molecule has 2 fully saturated rings. The molecule has 2 heterocycles. The molecule has 0 aromatic carbocycles. The maximum Gasteiger partial charge on any atom is 0.0635 e. The number of rotatable bonds is 4. The van der Waals surface area contributed by atoms with Gasteiger partial charge in [0.1, 0.15) is 0 Å². The van der Waals surface area contributed by atoms with E-state index in [4.69, 9.17) is 15.0 Å². The van der Waals surface area contributed by atoms with Crippen LogP contribution in [-0.2, 0) is 9.47 Å². The van der Waals surface area contributed by atoms with E-state index in [1.54, 1.807) is 0 Å². The topological polar surface area (TPSA) is 67.2 Å². The molecule has 2 unspecified atom stereocenters. The summed E-state index contributed by atoms with van der Waals surface area (Å²) in [7, 11) is 0. The number of hydrogen-bond acceptors (Lipinski definition) is 3. The van der Waals surface area contributed by atoms with Crippen LogP contribution in [0.25, 0.3) is 10.4 Å². The molecule has 5 heteroatoms. The number of nitrogens with zero attached hydrogens (tertiary/aromatic N) is 3. The molecular formula is C10H17N3O2. The highest BCUT2D eigenvalue weighted by atomic mass is 16.5. The average molecular weight is 211 g/mol. The number of ether oxygens (including phenoxy) is 2. The Labute approximate surface area is 89.4 Å². The molecule has 5 nitrogen and oxygen atoms in total. The summed E-state index contributed by atoms with van der Waals surface area (Å²) in [6, 6.07) is 0. The highest BCUT2D eigenvalue weighted by molar-refractivity contribution is 4.91. The van der Waals surface area contributed by atoms with Crippen LogP contribution in [0.4, 0.5) is 0 Å². The van der Waals surface area contributed by atoms with Crippen molar-refractivity contribution in [3.8, 4) is 0 Å². The van der Waals surface area contributed by atoms with Crippen molar-refractivity contribution in [2.75, 3.05) is 26.4 Å². The normalized spacial score (nSPS) is 35.9. The predicted octanol–water partition coefficient (Wildman–Crippen LogP) is 2.13. The molecule has 2 aliphatic rings.